The molecule has 29 heavy (non-hydrogen) atoms. The largest absolute Gasteiger partial charge is 0.368 e. The van der Waals surface area contributed by atoms with Crippen molar-refractivity contribution in [1.29, 1.82) is 0 Å². The van der Waals surface area contributed by atoms with Gasteiger partial charge in [-0.1, -0.05) is 18.2 Å². The Kier molecular flexibility index (Phi) is 4.62. The molecule has 1 atom stereocenters. The molecule has 3 aliphatic rings. The first-order valence-electron chi connectivity index (χ1n) is 10.5. The monoisotopic (exact) mass is 394 g/mol. The Labute approximate surface area is 170 Å². The minimum absolute atomic E-state index is 0.00927. The highest BCUT2D eigenvalue weighted by atomic mass is 16.5. The molecule has 1 N–H and O–H groups in total. The van der Waals surface area contributed by atoms with Gasteiger partial charge in [-0.05, 0) is 43.4 Å². The maximum atomic E-state index is 12.7. The third-order valence-electron chi connectivity index (χ3n) is 6.42. The summed E-state index contributed by atoms with van der Waals surface area (Å²) in [5.41, 5.74) is 2.92. The number of rotatable bonds is 3. The van der Waals surface area contributed by atoms with Crippen LogP contribution in [0.1, 0.15) is 43.4 Å². The lowest BCUT2D eigenvalue weighted by Gasteiger charge is -2.43. The van der Waals surface area contributed by atoms with E-state index >= 15 is 0 Å². The predicted octanol–water partition coefficient (Wildman–Crippen LogP) is 1.93. The van der Waals surface area contributed by atoms with E-state index in [2.05, 4.69) is 23.6 Å². The van der Waals surface area contributed by atoms with Crippen molar-refractivity contribution in [1.82, 2.24) is 20.0 Å². The third kappa shape index (κ3) is 3.44. The van der Waals surface area contributed by atoms with Crippen molar-refractivity contribution in [3.8, 4) is 5.69 Å². The zero-order valence-corrected chi connectivity index (χ0v) is 16.5. The molecular formula is C22H26N4O3. The van der Waals surface area contributed by atoms with Crippen LogP contribution in [0.3, 0.4) is 0 Å². The number of piperidine rings is 1. The number of ether oxygens (including phenoxy) is 1. The van der Waals surface area contributed by atoms with E-state index in [9.17, 15) is 9.59 Å². The first kappa shape index (κ1) is 18.4. The summed E-state index contributed by atoms with van der Waals surface area (Å²) in [6, 6.07) is 10.1. The maximum absolute atomic E-state index is 12.7. The lowest BCUT2D eigenvalue weighted by Crippen LogP contribution is -2.49. The van der Waals surface area contributed by atoms with Crippen molar-refractivity contribution in [2.45, 2.75) is 50.2 Å². The van der Waals surface area contributed by atoms with Crippen LogP contribution in [0, 0.1) is 0 Å². The van der Waals surface area contributed by atoms with Gasteiger partial charge in [-0.15, -0.1) is 0 Å². The number of nitrogens with one attached hydrogen (secondary N) is 1. The van der Waals surface area contributed by atoms with Gasteiger partial charge in [-0.25, -0.2) is 4.68 Å². The van der Waals surface area contributed by atoms with Crippen molar-refractivity contribution in [2.24, 2.45) is 0 Å². The molecule has 4 heterocycles. The standard InChI is InChI=1S/C22H26N4O3/c27-19-7-6-17(23-19)14-20(28)25-11-9-22(10-12-25)21-16(8-13-29-22)15-26(24-21)18-4-2-1-3-5-18/h1-5,15,17H,6-14H2,(H,23,27)/t17-/m0/s1. The Hall–Kier alpha value is -2.67. The van der Waals surface area contributed by atoms with Gasteiger partial charge >= 0.3 is 0 Å². The van der Waals surface area contributed by atoms with Gasteiger partial charge in [0, 0.05) is 38.2 Å². The summed E-state index contributed by atoms with van der Waals surface area (Å²) in [5.74, 6) is 0.176. The number of amides is 2. The highest BCUT2D eigenvalue weighted by Crippen LogP contribution is 2.41. The van der Waals surface area contributed by atoms with Crippen LogP contribution in [-0.2, 0) is 26.3 Å². The summed E-state index contributed by atoms with van der Waals surface area (Å²) in [5, 5.41) is 7.79. The molecule has 5 rings (SSSR count). The fraction of sp³-hybridized carbons (Fsp3) is 0.500. The number of carbonyl (C=O) groups is 2. The molecule has 0 radical (unpaired) electrons. The maximum Gasteiger partial charge on any atom is 0.224 e. The molecule has 1 spiro atoms. The van der Waals surface area contributed by atoms with Crippen LogP contribution in [-0.4, -0.2) is 52.2 Å². The average Bonchev–Trinajstić information content (AvgIpc) is 3.36. The van der Waals surface area contributed by atoms with Crippen LogP contribution in [0.15, 0.2) is 36.5 Å². The van der Waals surface area contributed by atoms with Gasteiger partial charge in [0.2, 0.25) is 11.8 Å². The molecular weight excluding hydrogens is 368 g/mol. The van der Waals surface area contributed by atoms with Gasteiger partial charge in [0.15, 0.2) is 0 Å². The Balaban J connectivity index is 1.29. The Bertz CT molecular complexity index is 915. The molecule has 1 aromatic carbocycles. The smallest absolute Gasteiger partial charge is 0.224 e. The topological polar surface area (TPSA) is 76.5 Å². The number of benzene rings is 1. The van der Waals surface area contributed by atoms with E-state index < -0.39 is 5.60 Å². The van der Waals surface area contributed by atoms with Crippen molar-refractivity contribution >= 4 is 11.8 Å². The first-order valence-corrected chi connectivity index (χ1v) is 10.5. The van der Waals surface area contributed by atoms with Crippen molar-refractivity contribution in [2.75, 3.05) is 19.7 Å². The van der Waals surface area contributed by atoms with E-state index in [0.717, 1.165) is 37.1 Å². The number of hydrogen-bond acceptors (Lipinski definition) is 4. The molecule has 7 heteroatoms. The van der Waals surface area contributed by atoms with Gasteiger partial charge in [-0.2, -0.15) is 5.10 Å². The summed E-state index contributed by atoms with van der Waals surface area (Å²) in [6.07, 6.45) is 6.19. The minimum atomic E-state index is -0.397. The number of para-hydroxylation sites is 1. The van der Waals surface area contributed by atoms with Gasteiger partial charge < -0.3 is 15.0 Å². The number of likely N-dealkylation sites (tertiary alicyclic amines) is 1. The molecule has 2 fully saturated rings. The van der Waals surface area contributed by atoms with Crippen LogP contribution < -0.4 is 5.32 Å². The van der Waals surface area contributed by atoms with E-state index in [4.69, 9.17) is 9.84 Å². The molecule has 0 unspecified atom stereocenters. The summed E-state index contributed by atoms with van der Waals surface area (Å²) in [4.78, 5) is 26.0. The van der Waals surface area contributed by atoms with E-state index in [1.807, 2.05) is 27.8 Å². The molecule has 0 bridgehead atoms. The van der Waals surface area contributed by atoms with E-state index in [-0.39, 0.29) is 17.9 Å². The third-order valence-corrected chi connectivity index (χ3v) is 6.42. The van der Waals surface area contributed by atoms with Crippen LogP contribution in [0.4, 0.5) is 0 Å². The van der Waals surface area contributed by atoms with E-state index in [0.29, 0.717) is 32.5 Å². The highest BCUT2D eigenvalue weighted by Gasteiger charge is 2.44. The Morgan fingerprint density at radius 2 is 2.00 bits per heavy atom. The van der Waals surface area contributed by atoms with Crippen molar-refractivity contribution < 1.29 is 14.3 Å². The fourth-order valence-corrected chi connectivity index (χ4v) is 4.78. The zero-order valence-electron chi connectivity index (χ0n) is 16.5. The lowest BCUT2D eigenvalue weighted by atomic mass is 9.83. The summed E-state index contributed by atoms with van der Waals surface area (Å²) < 4.78 is 8.23. The summed E-state index contributed by atoms with van der Waals surface area (Å²) in [7, 11) is 0. The number of aromatic nitrogens is 2. The minimum Gasteiger partial charge on any atom is -0.368 e. The molecule has 0 aliphatic carbocycles. The second-order valence-electron chi connectivity index (χ2n) is 8.26. The van der Waals surface area contributed by atoms with Crippen LogP contribution in [0.25, 0.3) is 5.69 Å². The Morgan fingerprint density at radius 1 is 1.21 bits per heavy atom. The zero-order chi connectivity index (χ0) is 19.8. The normalized spacial score (nSPS) is 23.1. The molecule has 2 saturated heterocycles. The van der Waals surface area contributed by atoms with Gasteiger partial charge in [0.05, 0.1) is 18.0 Å². The van der Waals surface area contributed by atoms with Crippen LogP contribution in [0.5, 0.6) is 0 Å². The molecule has 3 aliphatic heterocycles. The SMILES string of the molecule is O=C1CC[C@@H](CC(=O)N2CCC3(CC2)OCCc2cn(-c4ccccc4)nc23)N1. The van der Waals surface area contributed by atoms with Crippen molar-refractivity contribution in [3.05, 3.63) is 47.8 Å². The second kappa shape index (κ2) is 7.30. The van der Waals surface area contributed by atoms with E-state index in [1.165, 1.54) is 5.56 Å². The van der Waals surface area contributed by atoms with Crippen LogP contribution in [0.2, 0.25) is 0 Å². The molecule has 1 aromatic heterocycles. The highest BCUT2D eigenvalue weighted by molar-refractivity contribution is 5.82. The molecule has 7 nitrogen and oxygen atoms in total. The molecule has 0 saturated carbocycles. The summed E-state index contributed by atoms with van der Waals surface area (Å²) >= 11 is 0. The first-order chi connectivity index (χ1) is 14.1. The predicted molar refractivity (Wildman–Crippen MR) is 106 cm³/mol. The quantitative estimate of drug-likeness (QED) is 0.863. The number of nitrogens with zero attached hydrogens (tertiary/aromatic N) is 3. The summed E-state index contributed by atoms with van der Waals surface area (Å²) in [6.45, 7) is 2.02. The number of hydrogen-bond donors (Lipinski definition) is 1. The molecule has 2 amide bonds. The van der Waals surface area contributed by atoms with Crippen molar-refractivity contribution in [3.63, 3.8) is 0 Å². The number of carbonyl (C=O) groups excluding carboxylic acids is 2. The second-order valence-corrected chi connectivity index (χ2v) is 8.26. The number of fused-ring (bicyclic) bond motifs is 2. The molecule has 2 aromatic rings. The van der Waals surface area contributed by atoms with Gasteiger partial charge in [-0.3, -0.25) is 9.59 Å². The Morgan fingerprint density at radius 3 is 2.72 bits per heavy atom. The van der Waals surface area contributed by atoms with Gasteiger partial charge in [0.25, 0.3) is 0 Å². The van der Waals surface area contributed by atoms with Crippen LogP contribution >= 0.6 is 0 Å². The molecule has 152 valence electrons. The fourth-order valence-electron chi connectivity index (χ4n) is 4.78. The average molecular weight is 394 g/mol. The lowest BCUT2D eigenvalue weighted by molar-refractivity contribution is -0.141. The van der Waals surface area contributed by atoms with Gasteiger partial charge in [0.1, 0.15) is 5.60 Å². The van der Waals surface area contributed by atoms with E-state index in [1.54, 1.807) is 0 Å².